The number of hydrogen-bond acceptors (Lipinski definition) is 4. The minimum atomic E-state index is -4.01. The third-order valence-corrected chi connectivity index (χ3v) is 5.51. The van der Waals surface area contributed by atoms with E-state index in [4.69, 9.17) is 0 Å². The molecule has 0 amide bonds. The molecule has 0 atom stereocenters. The fourth-order valence-corrected chi connectivity index (χ4v) is 4.09. The maximum atomic E-state index is 12.9. The van der Waals surface area contributed by atoms with Crippen molar-refractivity contribution in [3.63, 3.8) is 0 Å². The first-order valence-electron chi connectivity index (χ1n) is 9.02. The molecule has 0 aliphatic rings. The van der Waals surface area contributed by atoms with Crippen LogP contribution in [-0.4, -0.2) is 36.2 Å². The predicted molar refractivity (Wildman–Crippen MR) is 110 cm³/mol. The summed E-state index contributed by atoms with van der Waals surface area (Å²) in [6.45, 7) is 7.94. The van der Waals surface area contributed by atoms with Gasteiger partial charge in [0.1, 0.15) is 5.84 Å². The van der Waals surface area contributed by atoms with Crippen molar-refractivity contribution in [2.75, 3.05) is 0 Å². The molecular weight excluding hydrogens is 378 g/mol. The second-order valence-corrected chi connectivity index (χ2v) is 8.59. The molecule has 0 heterocycles. The van der Waals surface area contributed by atoms with Crippen LogP contribution >= 0.6 is 0 Å². The highest BCUT2D eigenvalue weighted by molar-refractivity contribution is 7.90. The lowest BCUT2D eigenvalue weighted by atomic mass is 10.1. The fourth-order valence-electron chi connectivity index (χ4n) is 3.07. The number of hydrogen-bond donors (Lipinski definition) is 0. The Bertz CT molecular complexity index is 929. The molecule has 0 aromatic heterocycles. The molecule has 28 heavy (non-hydrogen) atoms. The standard InChI is InChI=1S/C20H25N3O4S/c1-15(2)22(16(3)4)20(14-17-8-6-5-7-9-17)21-28(26,27)19-12-10-18(11-13-19)23(24)25/h5-13,15-16H,14H2,1-4H3/b21-20-. The first-order valence-corrected chi connectivity index (χ1v) is 10.5. The number of rotatable bonds is 7. The summed E-state index contributed by atoms with van der Waals surface area (Å²) in [5.74, 6) is 0.439. The van der Waals surface area contributed by atoms with E-state index in [-0.39, 0.29) is 22.7 Å². The Balaban J connectivity index is 2.50. The van der Waals surface area contributed by atoms with Gasteiger partial charge in [0.15, 0.2) is 0 Å². The highest BCUT2D eigenvalue weighted by Crippen LogP contribution is 2.20. The van der Waals surface area contributed by atoms with Crippen molar-refractivity contribution in [1.82, 2.24) is 4.90 Å². The van der Waals surface area contributed by atoms with Gasteiger partial charge >= 0.3 is 0 Å². The average molecular weight is 404 g/mol. The fraction of sp³-hybridized carbons (Fsp3) is 0.350. The number of benzene rings is 2. The summed E-state index contributed by atoms with van der Waals surface area (Å²) in [6.07, 6.45) is 0.364. The summed E-state index contributed by atoms with van der Waals surface area (Å²) in [6, 6.07) is 14.4. The van der Waals surface area contributed by atoms with Gasteiger partial charge < -0.3 is 4.90 Å². The van der Waals surface area contributed by atoms with E-state index in [1.165, 1.54) is 24.3 Å². The van der Waals surface area contributed by atoms with E-state index in [9.17, 15) is 18.5 Å². The maximum absolute atomic E-state index is 12.9. The summed E-state index contributed by atoms with van der Waals surface area (Å²) < 4.78 is 29.9. The maximum Gasteiger partial charge on any atom is 0.283 e. The molecule has 2 aromatic carbocycles. The highest BCUT2D eigenvalue weighted by Gasteiger charge is 2.23. The molecule has 8 heteroatoms. The lowest BCUT2D eigenvalue weighted by Crippen LogP contribution is -2.43. The lowest BCUT2D eigenvalue weighted by molar-refractivity contribution is -0.384. The second-order valence-electron chi connectivity index (χ2n) is 6.99. The molecule has 0 aliphatic carbocycles. The van der Waals surface area contributed by atoms with Crippen LogP contribution in [0.4, 0.5) is 5.69 Å². The van der Waals surface area contributed by atoms with Crippen LogP contribution in [0, 0.1) is 10.1 Å². The van der Waals surface area contributed by atoms with E-state index in [0.29, 0.717) is 12.3 Å². The molecule has 0 radical (unpaired) electrons. The number of nitro groups is 1. The zero-order chi connectivity index (χ0) is 20.9. The summed E-state index contributed by atoms with van der Waals surface area (Å²) >= 11 is 0. The molecule has 7 nitrogen and oxygen atoms in total. The number of amidine groups is 1. The summed E-state index contributed by atoms with van der Waals surface area (Å²) in [4.78, 5) is 12.1. The Morgan fingerprint density at radius 3 is 2.00 bits per heavy atom. The van der Waals surface area contributed by atoms with Gasteiger partial charge in [0.05, 0.1) is 9.82 Å². The predicted octanol–water partition coefficient (Wildman–Crippen LogP) is 4.04. The summed E-state index contributed by atoms with van der Waals surface area (Å²) in [7, 11) is -4.01. The number of non-ortho nitro benzene ring substituents is 1. The van der Waals surface area contributed by atoms with Crippen molar-refractivity contribution in [2.45, 2.75) is 51.1 Å². The summed E-state index contributed by atoms with van der Waals surface area (Å²) in [5.41, 5.74) is 0.782. The molecule has 0 saturated heterocycles. The quantitative estimate of drug-likeness (QED) is 0.301. The molecule has 0 unspecified atom stereocenters. The lowest BCUT2D eigenvalue weighted by Gasteiger charge is -2.34. The van der Waals surface area contributed by atoms with Crippen LogP contribution in [0.1, 0.15) is 33.3 Å². The monoisotopic (exact) mass is 403 g/mol. The topological polar surface area (TPSA) is 92.9 Å². The Kier molecular flexibility index (Phi) is 6.90. The minimum Gasteiger partial charge on any atom is -0.354 e. The van der Waals surface area contributed by atoms with Crippen molar-refractivity contribution >= 4 is 21.5 Å². The van der Waals surface area contributed by atoms with E-state index in [1.54, 1.807) is 0 Å². The van der Waals surface area contributed by atoms with Crippen molar-refractivity contribution in [1.29, 1.82) is 0 Å². The van der Waals surface area contributed by atoms with Crippen LogP contribution in [0.25, 0.3) is 0 Å². The van der Waals surface area contributed by atoms with Crippen molar-refractivity contribution in [3.05, 3.63) is 70.3 Å². The Labute approximate surface area is 165 Å². The first kappa shape index (κ1) is 21.6. The van der Waals surface area contributed by atoms with Crippen molar-refractivity contribution < 1.29 is 13.3 Å². The van der Waals surface area contributed by atoms with E-state index >= 15 is 0 Å². The highest BCUT2D eigenvalue weighted by atomic mass is 32.2. The van der Waals surface area contributed by atoms with Gasteiger partial charge in [-0.15, -0.1) is 4.40 Å². The van der Waals surface area contributed by atoms with Gasteiger partial charge in [-0.25, -0.2) is 0 Å². The van der Waals surface area contributed by atoms with Gasteiger partial charge in [-0.2, -0.15) is 8.42 Å². The molecule has 150 valence electrons. The second kappa shape index (κ2) is 8.97. The first-order chi connectivity index (χ1) is 13.1. The molecular formula is C20H25N3O4S. The van der Waals surface area contributed by atoms with E-state index in [1.807, 2.05) is 62.9 Å². The normalized spacial score (nSPS) is 12.4. The number of nitrogens with zero attached hydrogens (tertiary/aromatic N) is 3. The zero-order valence-corrected chi connectivity index (χ0v) is 17.3. The Morgan fingerprint density at radius 2 is 1.54 bits per heavy atom. The van der Waals surface area contributed by atoms with Gasteiger partial charge in [-0.1, -0.05) is 30.3 Å². The van der Waals surface area contributed by atoms with Crippen LogP contribution in [0.3, 0.4) is 0 Å². The largest absolute Gasteiger partial charge is 0.354 e. The van der Waals surface area contributed by atoms with Gasteiger partial charge in [-0.3, -0.25) is 10.1 Å². The van der Waals surface area contributed by atoms with Gasteiger partial charge in [0.2, 0.25) is 0 Å². The van der Waals surface area contributed by atoms with E-state index in [0.717, 1.165) is 5.56 Å². The number of nitro benzene ring substituents is 1. The Hall–Kier alpha value is -2.74. The van der Waals surface area contributed by atoms with Gasteiger partial charge in [-0.05, 0) is 45.4 Å². The van der Waals surface area contributed by atoms with Gasteiger partial charge in [0, 0.05) is 30.6 Å². The molecule has 0 saturated carbocycles. The zero-order valence-electron chi connectivity index (χ0n) is 16.4. The molecule has 2 aromatic rings. The SMILES string of the molecule is CC(C)N(/C(Cc1ccccc1)=N\S(=O)(=O)c1ccc([N+](=O)[O-])cc1)C(C)C. The van der Waals surface area contributed by atoms with Crippen LogP contribution in [-0.2, 0) is 16.4 Å². The molecule has 0 aliphatic heterocycles. The van der Waals surface area contributed by atoms with E-state index < -0.39 is 14.9 Å². The smallest absolute Gasteiger partial charge is 0.283 e. The molecule has 0 N–H and O–H groups in total. The third kappa shape index (κ3) is 5.39. The van der Waals surface area contributed by atoms with Crippen LogP contribution in [0.15, 0.2) is 63.9 Å². The van der Waals surface area contributed by atoms with Crippen LogP contribution < -0.4 is 0 Å². The molecule has 0 spiro atoms. The van der Waals surface area contributed by atoms with Gasteiger partial charge in [0.25, 0.3) is 15.7 Å². The Morgan fingerprint density at radius 1 is 1.00 bits per heavy atom. The van der Waals surface area contributed by atoms with E-state index in [2.05, 4.69) is 4.40 Å². The molecule has 0 fully saturated rings. The average Bonchev–Trinajstić information content (AvgIpc) is 2.61. The van der Waals surface area contributed by atoms with Crippen LogP contribution in [0.5, 0.6) is 0 Å². The van der Waals surface area contributed by atoms with Crippen LogP contribution in [0.2, 0.25) is 0 Å². The van der Waals surface area contributed by atoms with Crippen molar-refractivity contribution in [3.8, 4) is 0 Å². The molecule has 0 bridgehead atoms. The third-order valence-electron chi connectivity index (χ3n) is 4.19. The molecule has 2 rings (SSSR count). The number of sulfonamides is 1. The minimum absolute atomic E-state index is 0.0505. The summed E-state index contributed by atoms with van der Waals surface area (Å²) in [5, 5.41) is 10.8. The van der Waals surface area contributed by atoms with Crippen molar-refractivity contribution in [2.24, 2.45) is 4.40 Å².